The molecule has 0 spiro atoms. The van der Waals surface area contributed by atoms with Crippen LogP contribution >= 0.6 is 0 Å². The van der Waals surface area contributed by atoms with E-state index in [0.717, 1.165) is 12.8 Å². The summed E-state index contributed by atoms with van der Waals surface area (Å²) in [6, 6.07) is -1.40. The average molecular weight is 254 g/mol. The number of carbonyl (C=O) groups is 2. The van der Waals surface area contributed by atoms with Crippen LogP contribution in [0.1, 0.15) is 26.2 Å². The highest BCUT2D eigenvalue weighted by atomic mass is 16.4. The Morgan fingerprint density at radius 2 is 2.28 bits per heavy atom. The van der Waals surface area contributed by atoms with Crippen LogP contribution in [0.5, 0.6) is 0 Å². The van der Waals surface area contributed by atoms with Crippen molar-refractivity contribution in [2.24, 2.45) is 7.05 Å². The second kappa shape index (κ2) is 6.63. The number of nitrogens with one attached hydrogen (secondary N) is 2. The number of aromatic nitrogens is 2. The summed E-state index contributed by atoms with van der Waals surface area (Å²) in [5.74, 6) is -1.02. The van der Waals surface area contributed by atoms with Crippen molar-refractivity contribution in [2.75, 3.05) is 5.32 Å². The molecule has 1 atom stereocenters. The zero-order chi connectivity index (χ0) is 13.5. The van der Waals surface area contributed by atoms with E-state index in [4.69, 9.17) is 5.11 Å². The van der Waals surface area contributed by atoms with Crippen molar-refractivity contribution in [3.8, 4) is 0 Å². The third kappa shape index (κ3) is 4.44. The molecule has 7 nitrogen and oxygen atoms in total. The Kier molecular flexibility index (Phi) is 5.16. The second-order valence-electron chi connectivity index (χ2n) is 4.03. The SMILES string of the molecule is CCCC[C@H](NC(=O)Nc1cnn(C)c1)C(=O)O. The first kappa shape index (κ1) is 14.0. The van der Waals surface area contributed by atoms with E-state index in [1.165, 1.54) is 6.20 Å². The summed E-state index contributed by atoms with van der Waals surface area (Å²) in [7, 11) is 1.73. The summed E-state index contributed by atoms with van der Waals surface area (Å²) in [5, 5.41) is 17.8. The minimum Gasteiger partial charge on any atom is -0.480 e. The number of carbonyl (C=O) groups excluding carboxylic acids is 1. The lowest BCUT2D eigenvalue weighted by Crippen LogP contribution is -2.42. The van der Waals surface area contributed by atoms with E-state index in [-0.39, 0.29) is 0 Å². The molecule has 0 aliphatic rings. The van der Waals surface area contributed by atoms with E-state index < -0.39 is 18.0 Å². The Hall–Kier alpha value is -2.05. The second-order valence-corrected chi connectivity index (χ2v) is 4.03. The van der Waals surface area contributed by atoms with E-state index in [1.807, 2.05) is 6.92 Å². The highest BCUT2D eigenvalue weighted by Crippen LogP contribution is 2.04. The molecule has 0 aliphatic carbocycles. The van der Waals surface area contributed by atoms with Crippen LogP contribution in [0.4, 0.5) is 10.5 Å². The van der Waals surface area contributed by atoms with Gasteiger partial charge in [0, 0.05) is 13.2 Å². The highest BCUT2D eigenvalue weighted by molar-refractivity contribution is 5.91. The maximum Gasteiger partial charge on any atom is 0.326 e. The topological polar surface area (TPSA) is 96.3 Å². The minimum atomic E-state index is -1.02. The molecular weight excluding hydrogens is 236 g/mol. The van der Waals surface area contributed by atoms with E-state index in [1.54, 1.807) is 17.9 Å². The number of nitrogens with zero attached hydrogens (tertiary/aromatic N) is 2. The van der Waals surface area contributed by atoms with Gasteiger partial charge in [-0.05, 0) is 6.42 Å². The zero-order valence-electron chi connectivity index (χ0n) is 10.5. The van der Waals surface area contributed by atoms with Crippen LogP contribution in [-0.2, 0) is 11.8 Å². The normalized spacial score (nSPS) is 11.9. The molecular formula is C11H18N4O3. The number of hydrogen-bond donors (Lipinski definition) is 3. The number of carboxylic acids is 1. The van der Waals surface area contributed by atoms with Crippen molar-refractivity contribution in [3.63, 3.8) is 0 Å². The number of anilines is 1. The monoisotopic (exact) mass is 254 g/mol. The summed E-state index contributed by atoms with van der Waals surface area (Å²) < 4.78 is 1.54. The fourth-order valence-electron chi connectivity index (χ4n) is 1.48. The van der Waals surface area contributed by atoms with Crippen molar-refractivity contribution < 1.29 is 14.7 Å². The van der Waals surface area contributed by atoms with Gasteiger partial charge < -0.3 is 15.7 Å². The molecule has 0 bridgehead atoms. The van der Waals surface area contributed by atoms with E-state index in [9.17, 15) is 9.59 Å². The van der Waals surface area contributed by atoms with Crippen LogP contribution in [0.25, 0.3) is 0 Å². The Morgan fingerprint density at radius 1 is 1.56 bits per heavy atom. The Labute approximate surface area is 105 Å². The van der Waals surface area contributed by atoms with E-state index in [2.05, 4.69) is 15.7 Å². The van der Waals surface area contributed by atoms with Gasteiger partial charge in [-0.3, -0.25) is 4.68 Å². The molecule has 3 N–H and O–H groups in total. The summed E-state index contributed by atoms with van der Waals surface area (Å²) in [6.07, 6.45) is 5.18. The van der Waals surface area contributed by atoms with Gasteiger partial charge in [-0.2, -0.15) is 5.10 Å². The molecule has 0 radical (unpaired) electrons. The molecule has 18 heavy (non-hydrogen) atoms. The number of unbranched alkanes of at least 4 members (excludes halogenated alkanes) is 1. The summed E-state index contributed by atoms with van der Waals surface area (Å²) in [5.41, 5.74) is 0.523. The third-order valence-corrected chi connectivity index (χ3v) is 2.41. The van der Waals surface area contributed by atoms with Gasteiger partial charge in [0.25, 0.3) is 0 Å². The molecule has 2 amide bonds. The fraction of sp³-hybridized carbons (Fsp3) is 0.545. The molecule has 0 fully saturated rings. The lowest BCUT2D eigenvalue weighted by atomic mass is 10.1. The average Bonchev–Trinajstić information content (AvgIpc) is 2.69. The molecule has 0 saturated carbocycles. The molecule has 1 rings (SSSR count). The van der Waals surface area contributed by atoms with Crippen LogP contribution in [-0.4, -0.2) is 32.9 Å². The number of hydrogen-bond acceptors (Lipinski definition) is 3. The number of aliphatic carboxylic acids is 1. The summed E-state index contributed by atoms with van der Waals surface area (Å²) >= 11 is 0. The smallest absolute Gasteiger partial charge is 0.326 e. The number of carboxylic acid groups (broad SMARTS) is 1. The highest BCUT2D eigenvalue weighted by Gasteiger charge is 2.19. The maximum atomic E-state index is 11.6. The Morgan fingerprint density at radius 3 is 2.78 bits per heavy atom. The Balaban J connectivity index is 2.48. The molecule has 1 heterocycles. The standard InChI is InChI=1S/C11H18N4O3/c1-3-4-5-9(10(16)17)14-11(18)13-8-6-12-15(2)7-8/h6-7,9H,3-5H2,1-2H3,(H,16,17)(H2,13,14,18)/t9-/m0/s1. The first-order chi connectivity index (χ1) is 8.52. The predicted molar refractivity (Wildman–Crippen MR) is 66.3 cm³/mol. The first-order valence-corrected chi connectivity index (χ1v) is 5.82. The summed E-state index contributed by atoms with van der Waals surface area (Å²) in [6.45, 7) is 1.97. The molecule has 1 aromatic heterocycles. The number of aryl methyl sites for hydroxylation is 1. The fourth-order valence-corrected chi connectivity index (χ4v) is 1.48. The summed E-state index contributed by atoms with van der Waals surface area (Å²) in [4.78, 5) is 22.5. The van der Waals surface area contributed by atoms with E-state index >= 15 is 0 Å². The first-order valence-electron chi connectivity index (χ1n) is 5.82. The van der Waals surface area contributed by atoms with Gasteiger partial charge in [0.15, 0.2) is 0 Å². The van der Waals surface area contributed by atoms with Gasteiger partial charge in [-0.1, -0.05) is 19.8 Å². The van der Waals surface area contributed by atoms with Crippen molar-refractivity contribution in [1.82, 2.24) is 15.1 Å². The maximum absolute atomic E-state index is 11.6. The quantitative estimate of drug-likeness (QED) is 0.710. The molecule has 100 valence electrons. The lowest BCUT2D eigenvalue weighted by Gasteiger charge is -2.14. The van der Waals surface area contributed by atoms with Crippen molar-refractivity contribution >= 4 is 17.7 Å². The number of amides is 2. The van der Waals surface area contributed by atoms with Gasteiger partial charge in [0.05, 0.1) is 11.9 Å². The molecule has 0 aromatic carbocycles. The van der Waals surface area contributed by atoms with Crippen molar-refractivity contribution in [1.29, 1.82) is 0 Å². The minimum absolute atomic E-state index is 0.423. The van der Waals surface area contributed by atoms with E-state index in [0.29, 0.717) is 12.1 Å². The molecule has 7 heteroatoms. The predicted octanol–water partition coefficient (Wildman–Crippen LogP) is 1.18. The molecule has 0 aliphatic heterocycles. The van der Waals surface area contributed by atoms with Gasteiger partial charge in [-0.15, -0.1) is 0 Å². The van der Waals surface area contributed by atoms with Crippen LogP contribution in [0.2, 0.25) is 0 Å². The van der Waals surface area contributed by atoms with Crippen LogP contribution in [0.15, 0.2) is 12.4 Å². The van der Waals surface area contributed by atoms with Gasteiger partial charge in [-0.25, -0.2) is 9.59 Å². The third-order valence-electron chi connectivity index (χ3n) is 2.41. The molecule has 0 saturated heterocycles. The van der Waals surface area contributed by atoms with Crippen LogP contribution < -0.4 is 10.6 Å². The zero-order valence-corrected chi connectivity index (χ0v) is 10.5. The van der Waals surface area contributed by atoms with Crippen molar-refractivity contribution in [2.45, 2.75) is 32.2 Å². The largest absolute Gasteiger partial charge is 0.480 e. The molecule has 0 unspecified atom stereocenters. The van der Waals surface area contributed by atoms with Gasteiger partial charge in [0.1, 0.15) is 6.04 Å². The lowest BCUT2D eigenvalue weighted by molar-refractivity contribution is -0.139. The number of rotatable bonds is 6. The Bertz CT molecular complexity index is 416. The molecule has 1 aromatic rings. The van der Waals surface area contributed by atoms with Gasteiger partial charge >= 0.3 is 12.0 Å². The van der Waals surface area contributed by atoms with Crippen LogP contribution in [0, 0.1) is 0 Å². The van der Waals surface area contributed by atoms with Crippen molar-refractivity contribution in [3.05, 3.63) is 12.4 Å². The number of urea groups is 1. The van der Waals surface area contributed by atoms with Crippen LogP contribution in [0.3, 0.4) is 0 Å². The van der Waals surface area contributed by atoms with Gasteiger partial charge in [0.2, 0.25) is 0 Å².